The molecule has 0 spiro atoms. The van der Waals surface area contributed by atoms with Crippen molar-refractivity contribution in [3.05, 3.63) is 54.1 Å². The number of nitrogens with two attached hydrogens (primary N) is 1. The molecule has 0 fully saturated rings. The lowest BCUT2D eigenvalue weighted by atomic mass is 10.2. The van der Waals surface area contributed by atoms with Crippen molar-refractivity contribution in [2.45, 2.75) is 9.79 Å². The van der Waals surface area contributed by atoms with Crippen molar-refractivity contribution in [2.24, 2.45) is 0 Å². The number of aromatic carboxylic acids is 1. The summed E-state index contributed by atoms with van der Waals surface area (Å²) in [6.07, 6.45) is 0. The highest BCUT2D eigenvalue weighted by atomic mass is 32.2. The van der Waals surface area contributed by atoms with E-state index in [1.54, 1.807) is 12.1 Å². The van der Waals surface area contributed by atoms with Gasteiger partial charge in [0.2, 0.25) is 0 Å². The zero-order chi connectivity index (χ0) is 12.3. The third-order valence-electron chi connectivity index (χ3n) is 2.23. The van der Waals surface area contributed by atoms with E-state index < -0.39 is 5.97 Å². The fourth-order valence-corrected chi connectivity index (χ4v) is 2.25. The van der Waals surface area contributed by atoms with E-state index in [0.29, 0.717) is 5.69 Å². The molecule has 0 aromatic heterocycles. The van der Waals surface area contributed by atoms with Crippen LogP contribution in [0, 0.1) is 0 Å². The molecule has 4 heteroatoms. The smallest absolute Gasteiger partial charge is 0.335 e. The Balaban J connectivity index is 2.26. The van der Waals surface area contributed by atoms with Gasteiger partial charge in [-0.2, -0.15) is 0 Å². The monoisotopic (exact) mass is 245 g/mol. The molecule has 3 N–H and O–H groups in total. The molecule has 0 aliphatic heterocycles. The van der Waals surface area contributed by atoms with Gasteiger partial charge in [-0.05, 0) is 30.3 Å². The lowest BCUT2D eigenvalue weighted by Gasteiger charge is -2.06. The summed E-state index contributed by atoms with van der Waals surface area (Å²) in [5, 5.41) is 8.83. The standard InChI is InChI=1S/C13H11NO2S/c14-11-8-9(13(15)16)6-7-12(11)17-10-4-2-1-3-5-10/h1-8H,14H2,(H,15,16). The highest BCUT2D eigenvalue weighted by Crippen LogP contribution is 2.32. The van der Waals surface area contributed by atoms with Crippen LogP contribution in [-0.2, 0) is 0 Å². The fraction of sp³-hybridized carbons (Fsp3) is 0. The second kappa shape index (κ2) is 4.93. The number of rotatable bonds is 3. The van der Waals surface area contributed by atoms with E-state index in [9.17, 15) is 4.79 Å². The highest BCUT2D eigenvalue weighted by Gasteiger charge is 2.07. The molecule has 2 aromatic rings. The Morgan fingerprint density at radius 1 is 1.12 bits per heavy atom. The molecule has 86 valence electrons. The number of nitrogen functional groups attached to an aromatic ring is 1. The van der Waals surface area contributed by atoms with E-state index in [0.717, 1.165) is 9.79 Å². The maximum atomic E-state index is 10.8. The molecule has 0 bridgehead atoms. The van der Waals surface area contributed by atoms with E-state index in [1.165, 1.54) is 17.8 Å². The Morgan fingerprint density at radius 3 is 2.41 bits per heavy atom. The van der Waals surface area contributed by atoms with Crippen molar-refractivity contribution in [1.29, 1.82) is 0 Å². The van der Waals surface area contributed by atoms with Crippen LogP contribution in [0.25, 0.3) is 0 Å². The summed E-state index contributed by atoms with van der Waals surface area (Å²) in [4.78, 5) is 12.7. The second-order valence-electron chi connectivity index (χ2n) is 3.47. The minimum absolute atomic E-state index is 0.208. The predicted molar refractivity (Wildman–Crippen MR) is 68.4 cm³/mol. The van der Waals surface area contributed by atoms with Gasteiger partial charge in [-0.1, -0.05) is 30.0 Å². The molecule has 0 heterocycles. The van der Waals surface area contributed by atoms with Crippen LogP contribution in [0.2, 0.25) is 0 Å². The summed E-state index contributed by atoms with van der Waals surface area (Å²) in [7, 11) is 0. The first-order valence-corrected chi connectivity index (χ1v) is 5.84. The molecule has 17 heavy (non-hydrogen) atoms. The molecular formula is C13H11NO2S. The summed E-state index contributed by atoms with van der Waals surface area (Å²) < 4.78 is 0. The van der Waals surface area contributed by atoms with Gasteiger partial charge in [-0.15, -0.1) is 0 Å². The van der Waals surface area contributed by atoms with Crippen LogP contribution in [0.5, 0.6) is 0 Å². The van der Waals surface area contributed by atoms with Crippen LogP contribution in [0.4, 0.5) is 5.69 Å². The van der Waals surface area contributed by atoms with Crippen molar-refractivity contribution in [1.82, 2.24) is 0 Å². The zero-order valence-electron chi connectivity index (χ0n) is 8.96. The van der Waals surface area contributed by atoms with Crippen molar-refractivity contribution >= 4 is 23.4 Å². The number of carboxylic acids is 1. The Kier molecular flexibility index (Phi) is 3.35. The number of hydrogen-bond acceptors (Lipinski definition) is 3. The maximum absolute atomic E-state index is 10.8. The quantitative estimate of drug-likeness (QED) is 0.815. The van der Waals surface area contributed by atoms with Crippen LogP contribution in [-0.4, -0.2) is 11.1 Å². The van der Waals surface area contributed by atoms with Gasteiger partial charge in [0.1, 0.15) is 0 Å². The van der Waals surface area contributed by atoms with E-state index in [-0.39, 0.29) is 5.56 Å². The minimum atomic E-state index is -0.965. The molecule has 0 amide bonds. The lowest BCUT2D eigenvalue weighted by Crippen LogP contribution is -1.98. The molecule has 0 aliphatic carbocycles. The minimum Gasteiger partial charge on any atom is -0.478 e. The topological polar surface area (TPSA) is 63.3 Å². The van der Waals surface area contributed by atoms with Gasteiger partial charge in [0, 0.05) is 15.5 Å². The van der Waals surface area contributed by atoms with E-state index in [1.807, 2.05) is 30.3 Å². The SMILES string of the molecule is Nc1cc(C(=O)O)ccc1Sc1ccccc1. The first-order chi connectivity index (χ1) is 8.16. The molecule has 0 saturated heterocycles. The van der Waals surface area contributed by atoms with Crippen LogP contribution in [0.1, 0.15) is 10.4 Å². The number of hydrogen-bond donors (Lipinski definition) is 2. The average Bonchev–Trinajstić information content (AvgIpc) is 2.33. The Morgan fingerprint density at radius 2 is 1.82 bits per heavy atom. The average molecular weight is 245 g/mol. The van der Waals surface area contributed by atoms with Crippen molar-refractivity contribution in [3.8, 4) is 0 Å². The molecule has 2 rings (SSSR count). The summed E-state index contributed by atoms with van der Waals surface area (Å²) in [6, 6.07) is 14.6. The predicted octanol–water partition coefficient (Wildman–Crippen LogP) is 3.12. The second-order valence-corrected chi connectivity index (χ2v) is 4.59. The zero-order valence-corrected chi connectivity index (χ0v) is 9.78. The molecule has 0 radical (unpaired) electrons. The summed E-state index contributed by atoms with van der Waals surface area (Å²) in [5.74, 6) is -0.965. The van der Waals surface area contributed by atoms with Gasteiger partial charge in [-0.3, -0.25) is 0 Å². The highest BCUT2D eigenvalue weighted by molar-refractivity contribution is 7.99. The van der Waals surface area contributed by atoms with Crippen LogP contribution in [0.15, 0.2) is 58.3 Å². The van der Waals surface area contributed by atoms with Crippen molar-refractivity contribution in [3.63, 3.8) is 0 Å². The Labute approximate surface area is 103 Å². The van der Waals surface area contributed by atoms with Crippen molar-refractivity contribution < 1.29 is 9.90 Å². The largest absolute Gasteiger partial charge is 0.478 e. The lowest BCUT2D eigenvalue weighted by molar-refractivity contribution is 0.0697. The maximum Gasteiger partial charge on any atom is 0.335 e. The molecule has 0 atom stereocenters. The van der Waals surface area contributed by atoms with Gasteiger partial charge < -0.3 is 10.8 Å². The fourth-order valence-electron chi connectivity index (χ4n) is 1.39. The van der Waals surface area contributed by atoms with Gasteiger partial charge in [0.15, 0.2) is 0 Å². The molecule has 2 aromatic carbocycles. The normalized spacial score (nSPS) is 10.1. The van der Waals surface area contributed by atoms with Crippen LogP contribution >= 0.6 is 11.8 Å². The summed E-state index contributed by atoms with van der Waals surface area (Å²) >= 11 is 1.52. The summed E-state index contributed by atoms with van der Waals surface area (Å²) in [6.45, 7) is 0. The molecule has 0 saturated carbocycles. The molecular weight excluding hydrogens is 234 g/mol. The third kappa shape index (κ3) is 2.79. The number of benzene rings is 2. The number of anilines is 1. The first-order valence-electron chi connectivity index (χ1n) is 5.02. The Hall–Kier alpha value is -1.94. The van der Waals surface area contributed by atoms with E-state index in [4.69, 9.17) is 10.8 Å². The van der Waals surface area contributed by atoms with Gasteiger partial charge >= 0.3 is 5.97 Å². The number of carbonyl (C=O) groups is 1. The first kappa shape index (κ1) is 11.5. The van der Waals surface area contributed by atoms with Gasteiger partial charge in [0.25, 0.3) is 0 Å². The molecule has 0 aliphatic rings. The molecule has 0 unspecified atom stereocenters. The summed E-state index contributed by atoms with van der Waals surface area (Å²) in [5.41, 5.74) is 6.52. The van der Waals surface area contributed by atoms with Crippen LogP contribution < -0.4 is 5.73 Å². The molecule has 3 nitrogen and oxygen atoms in total. The third-order valence-corrected chi connectivity index (χ3v) is 3.33. The van der Waals surface area contributed by atoms with Crippen molar-refractivity contribution in [2.75, 3.05) is 5.73 Å². The number of carboxylic acid groups (broad SMARTS) is 1. The van der Waals surface area contributed by atoms with Gasteiger partial charge in [0.05, 0.1) is 5.56 Å². The van der Waals surface area contributed by atoms with E-state index in [2.05, 4.69) is 0 Å². The van der Waals surface area contributed by atoms with E-state index >= 15 is 0 Å². The Bertz CT molecular complexity index is 540. The van der Waals surface area contributed by atoms with Gasteiger partial charge in [-0.25, -0.2) is 4.79 Å². The van der Waals surface area contributed by atoms with Crippen LogP contribution in [0.3, 0.4) is 0 Å².